The van der Waals surface area contributed by atoms with E-state index >= 15 is 0 Å². The van der Waals surface area contributed by atoms with Gasteiger partial charge >= 0.3 is 12.2 Å². The Bertz CT molecular complexity index is 1060. The van der Waals surface area contributed by atoms with E-state index in [1.54, 1.807) is 24.3 Å². The Kier molecular flexibility index (Phi) is 5.20. The highest BCUT2D eigenvalue weighted by Gasteiger charge is 2.53. The van der Waals surface area contributed by atoms with Gasteiger partial charge in [0.2, 0.25) is 0 Å². The molecule has 0 bridgehead atoms. The normalized spacial score (nSPS) is 16.0. The van der Waals surface area contributed by atoms with E-state index in [2.05, 4.69) is 0 Å². The van der Waals surface area contributed by atoms with Crippen molar-refractivity contribution < 1.29 is 27.5 Å². The molecule has 6 nitrogen and oxygen atoms in total. The Morgan fingerprint density at radius 2 is 1.80 bits per heavy atom. The van der Waals surface area contributed by atoms with E-state index in [0.717, 1.165) is 12.1 Å². The van der Waals surface area contributed by atoms with Crippen molar-refractivity contribution in [2.45, 2.75) is 32.1 Å². The quantitative estimate of drug-likeness (QED) is 0.694. The van der Waals surface area contributed by atoms with E-state index in [1.807, 2.05) is 0 Å². The zero-order valence-electron chi connectivity index (χ0n) is 16.4. The highest BCUT2D eigenvalue weighted by molar-refractivity contribution is 6.23. The van der Waals surface area contributed by atoms with Gasteiger partial charge in [-0.25, -0.2) is 9.69 Å². The number of amides is 3. The summed E-state index contributed by atoms with van der Waals surface area (Å²) < 4.78 is 46.2. The second-order valence-corrected chi connectivity index (χ2v) is 7.23. The van der Waals surface area contributed by atoms with E-state index in [4.69, 9.17) is 10.00 Å². The second-order valence-electron chi connectivity index (χ2n) is 7.23. The predicted octanol–water partition coefficient (Wildman–Crippen LogP) is 4.33. The van der Waals surface area contributed by atoms with Gasteiger partial charge in [-0.1, -0.05) is 18.2 Å². The summed E-state index contributed by atoms with van der Waals surface area (Å²) in [4.78, 5) is 27.8. The molecule has 3 amide bonds. The summed E-state index contributed by atoms with van der Waals surface area (Å²) in [5.41, 5.74) is -3.38. The Hall–Kier alpha value is -3.54. The van der Waals surface area contributed by atoms with Gasteiger partial charge in [-0.3, -0.25) is 4.79 Å². The SMILES string of the molecule is COc1cccc(CN2C(=O)N(c3cccc(C#N)c3C(F)(F)F)C(=O)C2(C)C)c1. The lowest BCUT2D eigenvalue weighted by Gasteiger charge is -2.27. The van der Waals surface area contributed by atoms with Crippen LogP contribution in [0.4, 0.5) is 23.7 Å². The van der Waals surface area contributed by atoms with Gasteiger partial charge < -0.3 is 9.64 Å². The van der Waals surface area contributed by atoms with Gasteiger partial charge in [-0.2, -0.15) is 18.4 Å². The van der Waals surface area contributed by atoms with Gasteiger partial charge in [0, 0.05) is 6.54 Å². The Labute approximate surface area is 171 Å². The number of benzene rings is 2. The van der Waals surface area contributed by atoms with Crippen molar-refractivity contribution in [3.63, 3.8) is 0 Å². The number of carbonyl (C=O) groups excluding carboxylic acids is 2. The summed E-state index contributed by atoms with van der Waals surface area (Å²) >= 11 is 0. The third-order valence-electron chi connectivity index (χ3n) is 4.99. The van der Waals surface area contributed by atoms with Crippen LogP contribution in [-0.2, 0) is 17.5 Å². The number of alkyl halides is 3. The van der Waals surface area contributed by atoms with Crippen LogP contribution < -0.4 is 9.64 Å². The van der Waals surface area contributed by atoms with Crippen molar-refractivity contribution in [2.75, 3.05) is 12.0 Å². The van der Waals surface area contributed by atoms with Crippen LogP contribution in [0.3, 0.4) is 0 Å². The maximum absolute atomic E-state index is 13.7. The largest absolute Gasteiger partial charge is 0.497 e. The molecule has 3 rings (SSSR count). The van der Waals surface area contributed by atoms with Crippen LogP contribution in [0.25, 0.3) is 0 Å². The van der Waals surface area contributed by atoms with Gasteiger partial charge in [0.05, 0.1) is 30.0 Å². The first-order valence-electron chi connectivity index (χ1n) is 8.91. The molecule has 0 aliphatic carbocycles. The van der Waals surface area contributed by atoms with Crippen LogP contribution in [0.5, 0.6) is 5.75 Å². The van der Waals surface area contributed by atoms with E-state index in [9.17, 15) is 22.8 Å². The number of methoxy groups -OCH3 is 1. The number of hydrogen-bond acceptors (Lipinski definition) is 4. The van der Waals surface area contributed by atoms with Crippen molar-refractivity contribution in [1.82, 2.24) is 4.90 Å². The Morgan fingerprint density at radius 3 is 2.40 bits per heavy atom. The molecule has 0 unspecified atom stereocenters. The zero-order chi connectivity index (χ0) is 22.3. The lowest BCUT2D eigenvalue weighted by Crippen LogP contribution is -2.43. The topological polar surface area (TPSA) is 73.6 Å². The average molecular weight is 417 g/mol. The summed E-state index contributed by atoms with van der Waals surface area (Å²) in [6.45, 7) is 2.92. The van der Waals surface area contributed by atoms with Crippen molar-refractivity contribution in [3.05, 3.63) is 59.2 Å². The molecule has 0 radical (unpaired) electrons. The molecule has 0 spiro atoms. The van der Waals surface area contributed by atoms with E-state index in [1.165, 1.54) is 38.0 Å². The van der Waals surface area contributed by atoms with Crippen molar-refractivity contribution in [3.8, 4) is 11.8 Å². The number of hydrogen-bond donors (Lipinski definition) is 0. The molecule has 1 fully saturated rings. The molecular formula is C21H18F3N3O3. The van der Waals surface area contributed by atoms with E-state index < -0.39 is 40.5 Å². The molecule has 1 saturated heterocycles. The molecule has 1 aliphatic rings. The Morgan fingerprint density at radius 1 is 1.13 bits per heavy atom. The number of nitrogens with zero attached hydrogens (tertiary/aromatic N) is 3. The standard InChI is InChI=1S/C21H18F3N3O3/c1-20(2)18(28)27(16-9-5-7-14(11-25)17(16)21(22,23)24)19(29)26(20)12-13-6-4-8-15(10-13)30-3/h4-10H,12H2,1-3H3. The van der Waals surface area contributed by atoms with E-state index in [-0.39, 0.29) is 6.54 Å². The monoisotopic (exact) mass is 417 g/mol. The smallest absolute Gasteiger partial charge is 0.419 e. The fourth-order valence-corrected chi connectivity index (χ4v) is 3.38. The molecule has 9 heteroatoms. The van der Waals surface area contributed by atoms with Crippen LogP contribution in [0, 0.1) is 11.3 Å². The number of anilines is 1. The summed E-state index contributed by atoms with van der Waals surface area (Å²) in [5.74, 6) is -0.266. The molecule has 1 heterocycles. The minimum absolute atomic E-state index is 0.00936. The number of imide groups is 1. The molecule has 2 aromatic carbocycles. The molecule has 0 atom stereocenters. The van der Waals surface area contributed by atoms with Gasteiger partial charge in [0.15, 0.2) is 0 Å². The number of ether oxygens (including phenoxy) is 1. The van der Waals surface area contributed by atoms with E-state index in [0.29, 0.717) is 16.2 Å². The maximum atomic E-state index is 13.7. The molecule has 156 valence electrons. The minimum Gasteiger partial charge on any atom is -0.497 e. The molecule has 30 heavy (non-hydrogen) atoms. The first-order valence-corrected chi connectivity index (χ1v) is 8.91. The predicted molar refractivity (Wildman–Crippen MR) is 102 cm³/mol. The van der Waals surface area contributed by atoms with Crippen LogP contribution >= 0.6 is 0 Å². The molecule has 1 aliphatic heterocycles. The summed E-state index contributed by atoms with van der Waals surface area (Å²) in [7, 11) is 1.48. The van der Waals surface area contributed by atoms with Crippen LogP contribution in [-0.4, -0.2) is 29.5 Å². The van der Waals surface area contributed by atoms with Crippen molar-refractivity contribution in [2.24, 2.45) is 0 Å². The summed E-state index contributed by atoms with van der Waals surface area (Å²) in [6, 6.07) is 10.6. The first kappa shape index (κ1) is 21.2. The van der Waals surface area contributed by atoms with Gasteiger partial charge in [0.1, 0.15) is 11.3 Å². The number of halogens is 3. The third kappa shape index (κ3) is 3.45. The minimum atomic E-state index is -4.92. The lowest BCUT2D eigenvalue weighted by molar-refractivity contribution is -0.137. The number of carbonyl (C=O) groups is 2. The molecular weight excluding hydrogens is 399 g/mol. The third-order valence-corrected chi connectivity index (χ3v) is 4.99. The summed E-state index contributed by atoms with van der Waals surface area (Å²) in [5, 5.41) is 9.12. The second kappa shape index (κ2) is 7.37. The van der Waals surface area contributed by atoms with Gasteiger partial charge in [-0.15, -0.1) is 0 Å². The summed E-state index contributed by atoms with van der Waals surface area (Å²) in [6.07, 6.45) is -4.92. The molecule has 0 saturated carbocycles. The number of nitriles is 1. The highest BCUT2D eigenvalue weighted by Crippen LogP contribution is 2.42. The number of rotatable bonds is 4. The lowest BCUT2D eigenvalue weighted by atomic mass is 10.0. The molecule has 0 aromatic heterocycles. The average Bonchev–Trinajstić information content (AvgIpc) is 2.86. The fraction of sp³-hybridized carbons (Fsp3) is 0.286. The first-order chi connectivity index (χ1) is 14.0. The fourth-order valence-electron chi connectivity index (χ4n) is 3.38. The maximum Gasteiger partial charge on any atom is 0.419 e. The van der Waals surface area contributed by atoms with Crippen molar-refractivity contribution >= 4 is 17.6 Å². The molecule has 0 N–H and O–H groups in total. The number of urea groups is 1. The van der Waals surface area contributed by atoms with Gasteiger partial charge in [-0.05, 0) is 43.7 Å². The Balaban J connectivity index is 2.08. The zero-order valence-corrected chi connectivity index (χ0v) is 16.4. The van der Waals surface area contributed by atoms with Crippen LogP contribution in [0.15, 0.2) is 42.5 Å². The van der Waals surface area contributed by atoms with Crippen molar-refractivity contribution in [1.29, 1.82) is 5.26 Å². The molecule has 2 aromatic rings. The highest BCUT2D eigenvalue weighted by atomic mass is 19.4. The van der Waals surface area contributed by atoms with Crippen LogP contribution in [0.1, 0.15) is 30.5 Å². The van der Waals surface area contributed by atoms with Crippen LogP contribution in [0.2, 0.25) is 0 Å². The van der Waals surface area contributed by atoms with Gasteiger partial charge in [0.25, 0.3) is 5.91 Å².